The maximum atomic E-state index is 13.2. The third kappa shape index (κ3) is 4.02. The minimum Gasteiger partial charge on any atom is -0.301 e. The highest BCUT2D eigenvalue weighted by atomic mass is 32.2. The van der Waals surface area contributed by atoms with Crippen LogP contribution >= 0.6 is 23.1 Å². The van der Waals surface area contributed by atoms with Gasteiger partial charge in [-0.2, -0.15) is 0 Å². The number of nitrogens with zero attached hydrogens (tertiary/aromatic N) is 1. The van der Waals surface area contributed by atoms with Crippen LogP contribution in [0.5, 0.6) is 0 Å². The number of hydrogen-bond acceptors (Lipinski definition) is 5. The molecule has 0 spiro atoms. The summed E-state index contributed by atoms with van der Waals surface area (Å²) in [5.74, 6) is -0.154. The van der Waals surface area contributed by atoms with Gasteiger partial charge < -0.3 is 4.98 Å². The van der Waals surface area contributed by atoms with Crippen molar-refractivity contribution in [3.05, 3.63) is 80.7 Å². The highest BCUT2D eigenvalue weighted by molar-refractivity contribution is 7.99. The largest absolute Gasteiger partial charge is 0.301 e. The van der Waals surface area contributed by atoms with Crippen LogP contribution in [0.3, 0.4) is 0 Å². The number of fused-ring (bicyclic) bond motifs is 1. The molecule has 4 rings (SSSR count). The average Bonchev–Trinajstić information content (AvgIpc) is 3.13. The van der Waals surface area contributed by atoms with Gasteiger partial charge in [-0.1, -0.05) is 36.0 Å². The Bertz CT molecular complexity index is 1280. The van der Waals surface area contributed by atoms with E-state index in [0.29, 0.717) is 20.9 Å². The monoisotopic (exact) mass is 424 g/mol. The number of halogens is 1. The highest BCUT2D eigenvalue weighted by Gasteiger charge is 2.15. The molecule has 0 amide bonds. The van der Waals surface area contributed by atoms with Crippen molar-refractivity contribution in [1.29, 1.82) is 0 Å². The van der Waals surface area contributed by atoms with E-state index in [9.17, 15) is 14.0 Å². The number of carbonyl (C=O) groups is 1. The third-order valence-electron chi connectivity index (χ3n) is 4.75. The minimum absolute atomic E-state index is 0.0148. The minimum atomic E-state index is -0.326. The van der Waals surface area contributed by atoms with E-state index in [4.69, 9.17) is 0 Å². The summed E-state index contributed by atoms with van der Waals surface area (Å²) in [6, 6.07) is 11.6. The van der Waals surface area contributed by atoms with E-state index < -0.39 is 0 Å². The van der Waals surface area contributed by atoms with Crippen LogP contribution in [0.1, 0.15) is 21.5 Å². The van der Waals surface area contributed by atoms with Gasteiger partial charge in [0.25, 0.3) is 5.56 Å². The Labute approximate surface area is 174 Å². The first-order chi connectivity index (χ1) is 13.9. The summed E-state index contributed by atoms with van der Waals surface area (Å²) >= 11 is 2.56. The van der Waals surface area contributed by atoms with Crippen molar-refractivity contribution < 1.29 is 9.18 Å². The van der Waals surface area contributed by atoms with E-state index in [-0.39, 0.29) is 22.9 Å². The molecule has 7 heteroatoms. The molecule has 0 aliphatic rings. The van der Waals surface area contributed by atoms with E-state index in [2.05, 4.69) is 9.97 Å². The molecular formula is C22H17FN2O2S2. The number of carbonyl (C=O) groups excluding carboxylic acids is 1. The molecule has 0 bridgehead atoms. The summed E-state index contributed by atoms with van der Waals surface area (Å²) in [4.78, 5) is 33.0. The van der Waals surface area contributed by atoms with E-state index in [1.807, 2.05) is 37.4 Å². The van der Waals surface area contributed by atoms with Crippen molar-refractivity contribution in [3.63, 3.8) is 0 Å². The Hall–Kier alpha value is -2.77. The molecule has 2 aromatic carbocycles. The Morgan fingerprint density at radius 1 is 1.14 bits per heavy atom. The molecule has 0 saturated carbocycles. The second-order valence-electron chi connectivity index (χ2n) is 6.72. The van der Waals surface area contributed by atoms with Gasteiger partial charge in [0.05, 0.1) is 11.1 Å². The molecule has 0 aliphatic carbocycles. The molecule has 0 aliphatic heterocycles. The Balaban J connectivity index is 1.58. The quantitative estimate of drug-likeness (QED) is 0.265. The first kappa shape index (κ1) is 19.5. The van der Waals surface area contributed by atoms with E-state index in [1.54, 1.807) is 12.1 Å². The number of thioether (sulfide) groups is 1. The number of nitrogens with one attached hydrogen (secondary N) is 1. The van der Waals surface area contributed by atoms with Gasteiger partial charge in [0, 0.05) is 16.5 Å². The van der Waals surface area contributed by atoms with Gasteiger partial charge in [-0.3, -0.25) is 9.59 Å². The van der Waals surface area contributed by atoms with Crippen LogP contribution in [-0.2, 0) is 0 Å². The molecule has 0 saturated heterocycles. The molecule has 1 N–H and O–H groups in total. The van der Waals surface area contributed by atoms with Crippen LogP contribution in [0, 0.1) is 19.7 Å². The van der Waals surface area contributed by atoms with Crippen LogP contribution in [0.4, 0.5) is 4.39 Å². The highest BCUT2D eigenvalue weighted by Crippen LogP contribution is 2.31. The lowest BCUT2D eigenvalue weighted by atomic mass is 10.0. The standard InChI is InChI=1S/C22H17FN2O2S2/c1-12-3-4-15(9-13(12)2)18(26)11-29-22-24-20(27)19-17(10-28-21(19)25-22)14-5-7-16(23)8-6-14/h3-10H,11H2,1-2H3,(H,24,25,27). The number of H-pyrrole nitrogens is 1. The van der Waals surface area contributed by atoms with Gasteiger partial charge >= 0.3 is 0 Å². The smallest absolute Gasteiger partial charge is 0.260 e. The van der Waals surface area contributed by atoms with Crippen molar-refractivity contribution in [2.45, 2.75) is 19.0 Å². The topological polar surface area (TPSA) is 62.8 Å². The van der Waals surface area contributed by atoms with Crippen LogP contribution < -0.4 is 5.56 Å². The zero-order chi connectivity index (χ0) is 20.5. The Morgan fingerprint density at radius 2 is 1.90 bits per heavy atom. The third-order valence-corrected chi connectivity index (χ3v) is 6.49. The predicted molar refractivity (Wildman–Crippen MR) is 117 cm³/mol. The van der Waals surface area contributed by atoms with Crippen LogP contribution in [-0.4, -0.2) is 21.5 Å². The molecule has 0 atom stereocenters. The fraction of sp³-hybridized carbons (Fsp3) is 0.136. The maximum Gasteiger partial charge on any atom is 0.260 e. The van der Waals surface area contributed by atoms with Crippen LogP contribution in [0.25, 0.3) is 21.3 Å². The number of ketones is 1. The first-order valence-corrected chi connectivity index (χ1v) is 10.8. The number of aromatic nitrogens is 2. The molecule has 146 valence electrons. The molecule has 4 nitrogen and oxygen atoms in total. The summed E-state index contributed by atoms with van der Waals surface area (Å²) < 4.78 is 13.2. The van der Waals surface area contributed by atoms with Crippen molar-refractivity contribution >= 4 is 39.1 Å². The number of thiophene rings is 1. The summed E-state index contributed by atoms with van der Waals surface area (Å²) in [7, 11) is 0. The number of rotatable bonds is 5. The zero-order valence-electron chi connectivity index (χ0n) is 15.8. The summed E-state index contributed by atoms with van der Waals surface area (Å²) in [5, 5.41) is 2.73. The number of aryl methyl sites for hydroxylation is 2. The number of hydrogen-bond donors (Lipinski definition) is 1. The summed E-state index contributed by atoms with van der Waals surface area (Å²) in [6.07, 6.45) is 0. The lowest BCUT2D eigenvalue weighted by molar-refractivity contribution is 0.102. The van der Waals surface area contributed by atoms with Gasteiger partial charge in [-0.05, 0) is 48.7 Å². The maximum absolute atomic E-state index is 13.2. The van der Waals surface area contributed by atoms with Gasteiger partial charge in [0.15, 0.2) is 10.9 Å². The van der Waals surface area contributed by atoms with Crippen molar-refractivity contribution in [1.82, 2.24) is 9.97 Å². The number of aromatic amines is 1. The molecule has 4 aromatic rings. The fourth-order valence-corrected chi connectivity index (χ4v) is 4.73. The SMILES string of the molecule is Cc1ccc(C(=O)CSc2nc3scc(-c4ccc(F)cc4)c3c(=O)[nH]2)cc1C. The number of benzene rings is 2. The molecular weight excluding hydrogens is 407 g/mol. The molecule has 0 fully saturated rings. The lowest BCUT2D eigenvalue weighted by Crippen LogP contribution is -2.10. The first-order valence-electron chi connectivity index (χ1n) is 8.93. The van der Waals surface area contributed by atoms with Gasteiger partial charge in [-0.15, -0.1) is 11.3 Å². The van der Waals surface area contributed by atoms with Crippen molar-refractivity contribution in [2.24, 2.45) is 0 Å². The average molecular weight is 425 g/mol. The predicted octanol–water partition coefficient (Wildman–Crippen LogP) is 5.38. The molecule has 0 unspecified atom stereocenters. The Morgan fingerprint density at radius 3 is 2.62 bits per heavy atom. The van der Waals surface area contributed by atoms with Crippen LogP contribution in [0.2, 0.25) is 0 Å². The summed E-state index contributed by atoms with van der Waals surface area (Å²) in [5.41, 5.74) is 4.08. The number of Topliss-reactive ketones (excluding diaryl/α,β-unsaturated/α-hetero) is 1. The lowest BCUT2D eigenvalue weighted by Gasteiger charge is -2.05. The second-order valence-corrected chi connectivity index (χ2v) is 8.54. The van der Waals surface area contributed by atoms with E-state index >= 15 is 0 Å². The Kier molecular flexibility index (Phi) is 5.34. The van der Waals surface area contributed by atoms with Gasteiger partial charge in [0.1, 0.15) is 10.6 Å². The fourth-order valence-electron chi connectivity index (χ4n) is 2.97. The van der Waals surface area contributed by atoms with Crippen LogP contribution in [0.15, 0.2) is 57.8 Å². The molecule has 29 heavy (non-hydrogen) atoms. The van der Waals surface area contributed by atoms with Gasteiger partial charge in [-0.25, -0.2) is 9.37 Å². The normalized spacial score (nSPS) is 11.1. The van der Waals surface area contributed by atoms with E-state index in [0.717, 1.165) is 22.3 Å². The molecule has 2 aromatic heterocycles. The van der Waals surface area contributed by atoms with E-state index in [1.165, 1.54) is 35.2 Å². The molecule has 2 heterocycles. The van der Waals surface area contributed by atoms with Gasteiger partial charge in [0.2, 0.25) is 0 Å². The van der Waals surface area contributed by atoms with Crippen molar-refractivity contribution in [2.75, 3.05) is 5.75 Å². The summed E-state index contributed by atoms with van der Waals surface area (Å²) in [6.45, 7) is 3.98. The van der Waals surface area contributed by atoms with Crippen molar-refractivity contribution in [3.8, 4) is 11.1 Å². The molecule has 0 radical (unpaired) electrons. The zero-order valence-corrected chi connectivity index (χ0v) is 17.4. The second kappa shape index (κ2) is 7.93.